The van der Waals surface area contributed by atoms with Gasteiger partial charge in [-0.3, -0.25) is 5.10 Å². The van der Waals surface area contributed by atoms with Crippen molar-refractivity contribution in [2.75, 3.05) is 18.4 Å². The van der Waals surface area contributed by atoms with E-state index in [0.29, 0.717) is 13.1 Å². The summed E-state index contributed by atoms with van der Waals surface area (Å²) in [6.07, 6.45) is 10.6. The molecule has 5 rings (SSSR count). The van der Waals surface area contributed by atoms with E-state index in [4.69, 9.17) is 4.74 Å². The van der Waals surface area contributed by atoms with Gasteiger partial charge in [-0.05, 0) is 70.0 Å². The van der Waals surface area contributed by atoms with E-state index < -0.39 is 11.3 Å². The highest BCUT2D eigenvalue weighted by molar-refractivity contribution is 5.82. The third kappa shape index (κ3) is 4.20. The molecule has 0 fully saturated rings. The number of anilines is 1. The minimum absolute atomic E-state index is 0.263. The first-order valence-corrected chi connectivity index (χ1v) is 11.3. The first-order valence-electron chi connectivity index (χ1n) is 11.3. The van der Waals surface area contributed by atoms with Crippen LogP contribution in [0.4, 0.5) is 10.5 Å². The zero-order valence-corrected chi connectivity index (χ0v) is 19.5. The van der Waals surface area contributed by atoms with Crippen molar-refractivity contribution in [3.63, 3.8) is 0 Å². The van der Waals surface area contributed by atoms with Crippen molar-refractivity contribution in [1.82, 2.24) is 25.7 Å². The Morgan fingerprint density at radius 3 is 2.91 bits per heavy atom. The number of aromatic amines is 1. The number of carbonyl (C=O) groups excluding carboxylic acids is 1. The maximum absolute atomic E-state index is 12.4. The third-order valence-corrected chi connectivity index (χ3v) is 6.05. The molecule has 0 saturated carbocycles. The van der Waals surface area contributed by atoms with Gasteiger partial charge in [-0.2, -0.15) is 5.10 Å². The molecule has 1 atom stereocenters. The van der Waals surface area contributed by atoms with E-state index in [1.165, 1.54) is 5.57 Å². The van der Waals surface area contributed by atoms with Crippen LogP contribution in [0.15, 0.2) is 71.4 Å². The predicted octanol–water partition coefficient (Wildman–Crippen LogP) is 4.12. The number of fused-ring (bicyclic) bond motifs is 2. The van der Waals surface area contributed by atoms with Crippen LogP contribution in [0.5, 0.6) is 0 Å². The summed E-state index contributed by atoms with van der Waals surface area (Å²) in [6, 6.07) is 6.17. The summed E-state index contributed by atoms with van der Waals surface area (Å²) >= 11 is 0. The number of benzene rings is 1. The number of nitrogens with zero attached hydrogens (tertiary/aromatic N) is 2. The van der Waals surface area contributed by atoms with Crippen molar-refractivity contribution in [3.8, 4) is 0 Å². The van der Waals surface area contributed by atoms with Crippen LogP contribution < -0.4 is 16.0 Å². The molecule has 1 aromatic heterocycles. The van der Waals surface area contributed by atoms with Crippen LogP contribution >= 0.6 is 0 Å². The van der Waals surface area contributed by atoms with Crippen LogP contribution in [0, 0.1) is 0 Å². The van der Waals surface area contributed by atoms with E-state index in [-0.39, 0.29) is 6.09 Å². The zero-order valence-electron chi connectivity index (χ0n) is 19.5. The van der Waals surface area contributed by atoms with Gasteiger partial charge in [0.1, 0.15) is 11.3 Å². The topological polar surface area (TPSA) is 94.3 Å². The van der Waals surface area contributed by atoms with Gasteiger partial charge in [0.15, 0.2) is 0 Å². The van der Waals surface area contributed by atoms with Crippen molar-refractivity contribution in [2.45, 2.75) is 45.4 Å². The number of dihydropyridines is 1. The minimum Gasteiger partial charge on any atom is -0.444 e. The summed E-state index contributed by atoms with van der Waals surface area (Å²) in [5, 5.41) is 18.9. The summed E-state index contributed by atoms with van der Waals surface area (Å²) in [6.45, 7) is 8.97. The number of allylic oxidation sites excluding steroid dienone is 2. The number of rotatable bonds is 3. The Morgan fingerprint density at radius 2 is 2.15 bits per heavy atom. The lowest BCUT2D eigenvalue weighted by molar-refractivity contribution is 0.0266. The SMILES string of the molecule is CC(C)(C)OC(=O)N1CC=C(C2=CC3=C(Nc4ccc5cn[nH]c5c4)C=CNC3(C)N2)CC1. The normalized spacial score (nSPS) is 22.4. The largest absolute Gasteiger partial charge is 0.444 e. The molecule has 0 saturated heterocycles. The molecule has 8 heteroatoms. The van der Waals surface area contributed by atoms with Crippen LogP contribution in [-0.4, -0.2) is 45.5 Å². The second-order valence-corrected chi connectivity index (χ2v) is 9.82. The van der Waals surface area contributed by atoms with Crippen molar-refractivity contribution < 1.29 is 9.53 Å². The smallest absolute Gasteiger partial charge is 0.410 e. The van der Waals surface area contributed by atoms with Gasteiger partial charge >= 0.3 is 6.09 Å². The number of ether oxygens (including phenoxy) is 1. The van der Waals surface area contributed by atoms with E-state index >= 15 is 0 Å². The fraction of sp³-hybridized carbons (Fsp3) is 0.360. The maximum atomic E-state index is 12.4. The molecule has 4 N–H and O–H groups in total. The van der Waals surface area contributed by atoms with Crippen LogP contribution in [0.1, 0.15) is 34.1 Å². The Bertz CT molecular complexity index is 1230. The molecule has 0 bridgehead atoms. The molecule has 2 aromatic rings. The highest BCUT2D eigenvalue weighted by Gasteiger charge is 2.38. The van der Waals surface area contributed by atoms with Crippen LogP contribution in [0.3, 0.4) is 0 Å². The lowest BCUT2D eigenvalue weighted by atomic mass is 9.98. The van der Waals surface area contributed by atoms with Gasteiger partial charge in [0.05, 0.1) is 11.7 Å². The standard InChI is InChI=1S/C25H30N6O2/c1-24(2,3)33-23(32)31-11-8-16(9-12-31)21-14-19-20(7-10-26-25(19,4)29-21)28-18-6-5-17-15-27-30-22(17)13-18/h5-8,10,13-15,26,28-29H,9,11-12H2,1-4H3,(H,27,30). The third-order valence-electron chi connectivity index (χ3n) is 6.05. The first-order chi connectivity index (χ1) is 15.7. The van der Waals surface area contributed by atoms with Crippen LogP contribution in [0.25, 0.3) is 10.9 Å². The minimum atomic E-state index is -0.489. The van der Waals surface area contributed by atoms with Gasteiger partial charge < -0.3 is 25.6 Å². The molecule has 0 radical (unpaired) electrons. The van der Waals surface area contributed by atoms with E-state index in [9.17, 15) is 4.79 Å². The average Bonchev–Trinajstić information content (AvgIpc) is 3.37. The Labute approximate surface area is 193 Å². The molecule has 0 aliphatic carbocycles. The molecular formula is C25H30N6O2. The van der Waals surface area contributed by atoms with E-state index in [2.05, 4.69) is 63.4 Å². The molecule has 3 aliphatic heterocycles. The Balaban J connectivity index is 1.36. The number of nitrogens with one attached hydrogen (secondary N) is 4. The Kier molecular flexibility index (Phi) is 4.96. The van der Waals surface area contributed by atoms with Gasteiger partial charge in [-0.15, -0.1) is 0 Å². The quantitative estimate of drug-likeness (QED) is 0.567. The Morgan fingerprint density at radius 1 is 1.30 bits per heavy atom. The van der Waals surface area contributed by atoms with E-state index in [1.807, 2.05) is 39.2 Å². The van der Waals surface area contributed by atoms with E-state index in [0.717, 1.165) is 40.0 Å². The molecule has 4 heterocycles. The van der Waals surface area contributed by atoms with Gasteiger partial charge in [0, 0.05) is 47.3 Å². The fourth-order valence-corrected chi connectivity index (χ4v) is 4.36. The van der Waals surface area contributed by atoms with Gasteiger partial charge in [-0.25, -0.2) is 4.79 Å². The van der Waals surface area contributed by atoms with Crippen molar-refractivity contribution >= 4 is 22.7 Å². The molecule has 1 amide bonds. The van der Waals surface area contributed by atoms with Crippen molar-refractivity contribution in [2.24, 2.45) is 0 Å². The zero-order chi connectivity index (χ0) is 23.2. The summed E-state index contributed by atoms with van der Waals surface area (Å²) in [4.78, 5) is 14.1. The molecule has 8 nitrogen and oxygen atoms in total. The van der Waals surface area contributed by atoms with Crippen LogP contribution in [0.2, 0.25) is 0 Å². The van der Waals surface area contributed by atoms with Crippen LogP contribution in [-0.2, 0) is 4.74 Å². The molecule has 1 unspecified atom stereocenters. The maximum Gasteiger partial charge on any atom is 0.410 e. The van der Waals surface area contributed by atoms with Crippen molar-refractivity contribution in [1.29, 1.82) is 0 Å². The Hall–Kier alpha value is -3.68. The molecule has 0 spiro atoms. The predicted molar refractivity (Wildman–Crippen MR) is 129 cm³/mol. The van der Waals surface area contributed by atoms with Gasteiger partial charge in [-0.1, -0.05) is 6.08 Å². The summed E-state index contributed by atoms with van der Waals surface area (Å²) < 4.78 is 5.51. The van der Waals surface area contributed by atoms with E-state index in [1.54, 1.807) is 4.90 Å². The monoisotopic (exact) mass is 446 g/mol. The molecule has 1 aromatic carbocycles. The number of hydrogen-bond donors (Lipinski definition) is 4. The average molecular weight is 447 g/mol. The van der Waals surface area contributed by atoms with Crippen molar-refractivity contribution in [3.05, 3.63) is 71.4 Å². The summed E-state index contributed by atoms with van der Waals surface area (Å²) in [5.74, 6) is 0. The van der Waals surface area contributed by atoms with Gasteiger partial charge in [0.25, 0.3) is 0 Å². The summed E-state index contributed by atoms with van der Waals surface area (Å²) in [7, 11) is 0. The second-order valence-electron chi connectivity index (χ2n) is 9.82. The highest BCUT2D eigenvalue weighted by atomic mass is 16.6. The highest BCUT2D eigenvalue weighted by Crippen LogP contribution is 2.35. The number of carbonyl (C=O) groups is 1. The molecular weight excluding hydrogens is 416 g/mol. The molecule has 33 heavy (non-hydrogen) atoms. The number of H-pyrrole nitrogens is 1. The second kappa shape index (κ2) is 7.72. The fourth-order valence-electron chi connectivity index (χ4n) is 4.36. The molecule has 3 aliphatic rings. The first kappa shape index (κ1) is 21.2. The number of aromatic nitrogens is 2. The van der Waals surface area contributed by atoms with Gasteiger partial charge in [0.2, 0.25) is 0 Å². The molecule has 172 valence electrons. The lowest BCUT2D eigenvalue weighted by Crippen LogP contribution is -2.51. The summed E-state index contributed by atoms with van der Waals surface area (Å²) in [5.41, 5.74) is 5.55. The number of hydrogen-bond acceptors (Lipinski definition) is 6. The lowest BCUT2D eigenvalue weighted by Gasteiger charge is -2.34. The number of amides is 1.